The molecule has 1 aromatic carbocycles. The molecular formula is C21H21N5O. The minimum absolute atomic E-state index is 0.0124. The van der Waals surface area contributed by atoms with Gasteiger partial charge in [-0.05, 0) is 31.9 Å². The third-order valence-electron chi connectivity index (χ3n) is 5.36. The van der Waals surface area contributed by atoms with Gasteiger partial charge in [0.05, 0.1) is 16.8 Å². The van der Waals surface area contributed by atoms with Gasteiger partial charge >= 0.3 is 0 Å². The average molecular weight is 359 g/mol. The van der Waals surface area contributed by atoms with E-state index in [9.17, 15) is 4.79 Å². The average Bonchev–Trinajstić information content (AvgIpc) is 3.11. The molecule has 2 aliphatic rings. The first-order valence-corrected chi connectivity index (χ1v) is 9.38. The Hall–Kier alpha value is -3.15. The maximum absolute atomic E-state index is 12.4. The zero-order valence-corrected chi connectivity index (χ0v) is 15.2. The van der Waals surface area contributed by atoms with Crippen LogP contribution in [0, 0.1) is 6.92 Å². The Kier molecular flexibility index (Phi) is 3.70. The molecular weight excluding hydrogens is 338 g/mol. The summed E-state index contributed by atoms with van der Waals surface area (Å²) in [6.07, 6.45) is 6.22. The lowest BCUT2D eigenvalue weighted by molar-refractivity contribution is 0.0940. The molecule has 27 heavy (non-hydrogen) atoms. The molecule has 1 atom stereocenters. The minimum Gasteiger partial charge on any atom is -0.368 e. The summed E-state index contributed by atoms with van der Waals surface area (Å²) < 4.78 is 0. The lowest BCUT2D eigenvalue weighted by Crippen LogP contribution is -2.34. The number of nitrogens with zero attached hydrogens (tertiary/aromatic N) is 2. The minimum atomic E-state index is -0.0124. The van der Waals surface area contributed by atoms with Crippen LogP contribution in [-0.4, -0.2) is 33.9 Å². The number of amides is 1. The van der Waals surface area contributed by atoms with E-state index in [0.29, 0.717) is 6.54 Å². The maximum atomic E-state index is 12.4. The number of H-pyrrole nitrogens is 1. The van der Waals surface area contributed by atoms with Crippen LogP contribution in [0.15, 0.2) is 36.4 Å². The van der Waals surface area contributed by atoms with E-state index in [4.69, 9.17) is 9.97 Å². The molecule has 1 unspecified atom stereocenters. The Morgan fingerprint density at radius 2 is 2.04 bits per heavy atom. The van der Waals surface area contributed by atoms with Crippen molar-refractivity contribution >= 4 is 22.8 Å². The lowest BCUT2D eigenvalue weighted by Gasteiger charge is -2.21. The number of para-hydroxylation sites is 1. The number of carbonyl (C=O) groups is 1. The van der Waals surface area contributed by atoms with Gasteiger partial charge in [-0.15, -0.1) is 0 Å². The Labute approximate surface area is 157 Å². The van der Waals surface area contributed by atoms with Crippen molar-refractivity contribution in [3.05, 3.63) is 53.4 Å². The summed E-state index contributed by atoms with van der Waals surface area (Å²) in [6.45, 7) is 3.45. The van der Waals surface area contributed by atoms with Crippen molar-refractivity contribution in [3.63, 3.8) is 0 Å². The van der Waals surface area contributed by atoms with Crippen molar-refractivity contribution in [3.8, 4) is 11.3 Å². The lowest BCUT2D eigenvalue weighted by atomic mass is 9.94. The van der Waals surface area contributed by atoms with Gasteiger partial charge in [-0.3, -0.25) is 4.79 Å². The molecule has 2 aromatic heterocycles. The summed E-state index contributed by atoms with van der Waals surface area (Å²) >= 11 is 0. The first-order valence-electron chi connectivity index (χ1n) is 9.38. The van der Waals surface area contributed by atoms with Gasteiger partial charge in [0.25, 0.3) is 5.91 Å². The predicted molar refractivity (Wildman–Crippen MR) is 106 cm³/mol. The Morgan fingerprint density at radius 3 is 2.96 bits per heavy atom. The van der Waals surface area contributed by atoms with E-state index in [-0.39, 0.29) is 11.8 Å². The maximum Gasteiger partial charge on any atom is 0.253 e. The molecule has 0 aliphatic carbocycles. The molecule has 1 amide bonds. The molecule has 4 bridgehead atoms. The van der Waals surface area contributed by atoms with Crippen LogP contribution in [0.2, 0.25) is 0 Å². The fourth-order valence-corrected chi connectivity index (χ4v) is 3.94. The molecule has 0 saturated carbocycles. The first-order chi connectivity index (χ1) is 13.2. The number of anilines is 1. The summed E-state index contributed by atoms with van der Waals surface area (Å²) in [4.78, 5) is 25.5. The number of benzene rings is 1. The largest absolute Gasteiger partial charge is 0.368 e. The molecule has 6 heteroatoms. The number of nitrogens with one attached hydrogen (secondary N) is 3. The predicted octanol–water partition coefficient (Wildman–Crippen LogP) is 3.52. The summed E-state index contributed by atoms with van der Waals surface area (Å²) in [5, 5.41) is 6.42. The third-order valence-corrected chi connectivity index (χ3v) is 5.36. The highest BCUT2D eigenvalue weighted by molar-refractivity contribution is 6.00. The zero-order valence-electron chi connectivity index (χ0n) is 15.2. The normalized spacial score (nSPS) is 18.9. The number of allylic oxidation sites excluding steroid dienone is 1. The highest BCUT2D eigenvalue weighted by Gasteiger charge is 2.28. The number of hydrogen-bond donors (Lipinski definition) is 3. The van der Waals surface area contributed by atoms with E-state index in [1.807, 2.05) is 31.2 Å². The van der Waals surface area contributed by atoms with Gasteiger partial charge in [0, 0.05) is 36.0 Å². The van der Waals surface area contributed by atoms with Gasteiger partial charge in [-0.2, -0.15) is 0 Å². The highest BCUT2D eigenvalue weighted by Crippen LogP contribution is 2.34. The van der Waals surface area contributed by atoms with E-state index in [1.165, 1.54) is 0 Å². The molecule has 136 valence electrons. The summed E-state index contributed by atoms with van der Waals surface area (Å²) in [7, 11) is 0. The van der Waals surface area contributed by atoms with Crippen LogP contribution in [0.3, 0.4) is 0 Å². The second-order valence-electron chi connectivity index (χ2n) is 7.17. The van der Waals surface area contributed by atoms with E-state index < -0.39 is 0 Å². The number of rotatable bonds is 0. The summed E-state index contributed by atoms with van der Waals surface area (Å²) in [5.41, 5.74) is 6.23. The van der Waals surface area contributed by atoms with Crippen LogP contribution in [0.5, 0.6) is 0 Å². The second-order valence-corrected chi connectivity index (χ2v) is 7.17. The van der Waals surface area contributed by atoms with E-state index >= 15 is 0 Å². The number of aromatic amines is 1. The van der Waals surface area contributed by atoms with Crippen LogP contribution in [0.25, 0.3) is 22.3 Å². The molecule has 2 aliphatic heterocycles. The molecule has 5 rings (SSSR count). The number of aromatic nitrogens is 3. The van der Waals surface area contributed by atoms with E-state index in [2.05, 4.69) is 27.8 Å². The Bertz CT molecular complexity index is 1080. The number of aryl methyl sites for hydroxylation is 1. The van der Waals surface area contributed by atoms with Crippen LogP contribution in [0.4, 0.5) is 5.82 Å². The molecule has 3 aromatic rings. The van der Waals surface area contributed by atoms with Crippen molar-refractivity contribution < 1.29 is 4.79 Å². The number of carbonyl (C=O) groups excluding carboxylic acids is 1. The van der Waals surface area contributed by atoms with Crippen molar-refractivity contribution in [1.82, 2.24) is 20.3 Å². The Balaban J connectivity index is 1.76. The smallest absolute Gasteiger partial charge is 0.253 e. The molecule has 0 radical (unpaired) electrons. The van der Waals surface area contributed by atoms with Crippen LogP contribution in [-0.2, 0) is 0 Å². The van der Waals surface area contributed by atoms with Crippen LogP contribution < -0.4 is 10.6 Å². The van der Waals surface area contributed by atoms with E-state index in [0.717, 1.165) is 64.4 Å². The van der Waals surface area contributed by atoms with Crippen molar-refractivity contribution in [1.29, 1.82) is 0 Å². The van der Waals surface area contributed by atoms with Crippen molar-refractivity contribution in [2.45, 2.75) is 25.7 Å². The SMILES string of the molecule is Cc1nc2cccc3c2nc1NCCC=CCC1CNC(=O)c2cc-3[nH]c21. The number of hydrogen-bond acceptors (Lipinski definition) is 4. The Morgan fingerprint density at radius 1 is 1.11 bits per heavy atom. The van der Waals surface area contributed by atoms with Crippen molar-refractivity contribution in [2.75, 3.05) is 18.4 Å². The van der Waals surface area contributed by atoms with Crippen LogP contribution in [0.1, 0.15) is 40.5 Å². The second kappa shape index (κ2) is 6.23. The van der Waals surface area contributed by atoms with Gasteiger partial charge < -0.3 is 15.6 Å². The topological polar surface area (TPSA) is 82.7 Å². The zero-order chi connectivity index (χ0) is 18.4. The molecule has 0 spiro atoms. The molecule has 0 saturated heterocycles. The quantitative estimate of drug-likeness (QED) is 0.536. The number of fused-ring (bicyclic) bond motifs is 3. The van der Waals surface area contributed by atoms with Gasteiger partial charge in [-0.1, -0.05) is 24.3 Å². The summed E-state index contributed by atoms with van der Waals surface area (Å²) in [6, 6.07) is 7.95. The van der Waals surface area contributed by atoms with Gasteiger partial charge in [0.2, 0.25) is 0 Å². The van der Waals surface area contributed by atoms with Crippen LogP contribution >= 0.6 is 0 Å². The van der Waals surface area contributed by atoms with Gasteiger partial charge in [0.1, 0.15) is 11.3 Å². The van der Waals surface area contributed by atoms with E-state index in [1.54, 1.807) is 0 Å². The highest BCUT2D eigenvalue weighted by atomic mass is 16.1. The molecule has 0 fully saturated rings. The molecule has 3 N–H and O–H groups in total. The van der Waals surface area contributed by atoms with Crippen molar-refractivity contribution in [2.24, 2.45) is 0 Å². The fraction of sp³-hybridized carbons (Fsp3) is 0.286. The fourth-order valence-electron chi connectivity index (χ4n) is 3.94. The third kappa shape index (κ3) is 2.68. The molecule has 6 nitrogen and oxygen atoms in total. The van der Waals surface area contributed by atoms with Gasteiger partial charge in [0.15, 0.2) is 0 Å². The monoisotopic (exact) mass is 359 g/mol. The standard InChI is InChI=1S/C21H21N5O/c1-12-20-22-9-4-2-3-6-13-11-23-21(27)15-10-17(25-18(13)15)14-7-5-8-16(24-12)19(14)26-20/h2-3,5,7-8,10,13,25H,4,6,9,11H2,1H3,(H,22,26)(H,23,27). The summed E-state index contributed by atoms with van der Waals surface area (Å²) in [5.74, 6) is 1.06. The molecule has 4 heterocycles. The first kappa shape index (κ1) is 16.1. The van der Waals surface area contributed by atoms with Gasteiger partial charge in [-0.25, -0.2) is 9.97 Å².